The highest BCUT2D eigenvalue weighted by Gasteiger charge is 2.18. The number of hydrogen-bond donors (Lipinski definition) is 1. The molecule has 34 heavy (non-hydrogen) atoms. The molecule has 1 heterocycles. The number of thioether (sulfide) groups is 1. The molecule has 0 saturated heterocycles. The maximum atomic E-state index is 13.3. The van der Waals surface area contributed by atoms with Crippen LogP contribution < -0.4 is 10.9 Å². The van der Waals surface area contributed by atoms with E-state index in [-0.39, 0.29) is 27.7 Å². The highest BCUT2D eigenvalue weighted by Crippen LogP contribution is 2.28. The lowest BCUT2D eigenvalue weighted by molar-refractivity contribution is -0.383. The normalized spacial score (nSPS) is 10.9. The van der Waals surface area contributed by atoms with Crippen molar-refractivity contribution in [2.75, 3.05) is 11.1 Å². The Kier molecular flexibility index (Phi) is 6.95. The Morgan fingerprint density at radius 2 is 1.88 bits per heavy atom. The minimum atomic E-state index is -0.596. The number of fused-ring (bicyclic) bond motifs is 1. The molecule has 10 heteroatoms. The van der Waals surface area contributed by atoms with E-state index in [2.05, 4.69) is 10.3 Å². The number of nitrogens with zero attached hydrogens (tertiary/aromatic N) is 3. The molecule has 0 aliphatic carbocycles. The molecule has 8 nitrogen and oxygen atoms in total. The van der Waals surface area contributed by atoms with Crippen molar-refractivity contribution in [1.29, 1.82) is 0 Å². The van der Waals surface area contributed by atoms with Crippen LogP contribution in [0.15, 0.2) is 76.7 Å². The summed E-state index contributed by atoms with van der Waals surface area (Å²) in [5, 5.41) is 14.8. The molecule has 0 atom stereocenters. The molecule has 1 N–H and O–H groups in total. The van der Waals surface area contributed by atoms with Gasteiger partial charge in [-0.1, -0.05) is 54.6 Å². The fourth-order valence-electron chi connectivity index (χ4n) is 3.40. The zero-order chi connectivity index (χ0) is 24.2. The first kappa shape index (κ1) is 23.5. The minimum Gasteiger partial charge on any atom is -0.320 e. The van der Waals surface area contributed by atoms with Crippen molar-refractivity contribution in [2.45, 2.75) is 18.5 Å². The summed E-state index contributed by atoms with van der Waals surface area (Å²) < 4.78 is 1.47. The average molecular weight is 495 g/mol. The van der Waals surface area contributed by atoms with Gasteiger partial charge in [-0.2, -0.15) is 0 Å². The smallest absolute Gasteiger partial charge is 0.292 e. The second-order valence-corrected chi connectivity index (χ2v) is 8.71. The SMILES string of the molecule is CCc1ccc(-n2c(SCC(=O)Nc3cc(Cl)ccc3[N+](=O)[O-])nc3ccccc3c2=O)cc1. The summed E-state index contributed by atoms with van der Waals surface area (Å²) in [4.78, 5) is 41.2. The van der Waals surface area contributed by atoms with Crippen LogP contribution >= 0.6 is 23.4 Å². The van der Waals surface area contributed by atoms with Gasteiger partial charge in [0.25, 0.3) is 11.2 Å². The predicted octanol–water partition coefficient (Wildman–Crippen LogP) is 5.24. The third-order valence-corrected chi connectivity index (χ3v) is 6.28. The Bertz CT molecular complexity index is 1450. The molecule has 172 valence electrons. The topological polar surface area (TPSA) is 107 Å². The van der Waals surface area contributed by atoms with Crippen LogP contribution in [0.4, 0.5) is 11.4 Å². The van der Waals surface area contributed by atoms with Gasteiger partial charge in [-0.3, -0.25) is 24.3 Å². The van der Waals surface area contributed by atoms with Crippen LogP contribution in [0.5, 0.6) is 0 Å². The number of nitrogens with one attached hydrogen (secondary N) is 1. The third-order valence-electron chi connectivity index (χ3n) is 5.11. The fourth-order valence-corrected chi connectivity index (χ4v) is 4.39. The van der Waals surface area contributed by atoms with Gasteiger partial charge >= 0.3 is 0 Å². The Morgan fingerprint density at radius 3 is 2.59 bits per heavy atom. The lowest BCUT2D eigenvalue weighted by Gasteiger charge is -2.14. The molecule has 0 radical (unpaired) electrons. The fraction of sp³-hybridized carbons (Fsp3) is 0.125. The Balaban J connectivity index is 1.66. The molecule has 0 spiro atoms. The van der Waals surface area contributed by atoms with E-state index in [4.69, 9.17) is 11.6 Å². The summed E-state index contributed by atoms with van der Waals surface area (Å²) in [6.07, 6.45) is 0.864. The van der Waals surface area contributed by atoms with E-state index >= 15 is 0 Å². The minimum absolute atomic E-state index is 0.00196. The number of amides is 1. The van der Waals surface area contributed by atoms with E-state index < -0.39 is 10.8 Å². The van der Waals surface area contributed by atoms with Crippen molar-refractivity contribution in [2.24, 2.45) is 0 Å². The van der Waals surface area contributed by atoms with Gasteiger partial charge in [0.1, 0.15) is 5.69 Å². The molecule has 0 aliphatic heterocycles. The predicted molar refractivity (Wildman–Crippen MR) is 134 cm³/mol. The average Bonchev–Trinajstić information content (AvgIpc) is 2.83. The van der Waals surface area contributed by atoms with Crippen LogP contribution in [0.2, 0.25) is 5.02 Å². The van der Waals surface area contributed by atoms with Crippen molar-refractivity contribution in [3.63, 3.8) is 0 Å². The lowest BCUT2D eigenvalue weighted by Crippen LogP contribution is -2.23. The Labute approximate surface area is 203 Å². The molecule has 1 amide bonds. The van der Waals surface area contributed by atoms with Crippen LogP contribution in [0, 0.1) is 10.1 Å². The van der Waals surface area contributed by atoms with Crippen LogP contribution in [0.3, 0.4) is 0 Å². The van der Waals surface area contributed by atoms with E-state index in [0.717, 1.165) is 23.7 Å². The van der Waals surface area contributed by atoms with Crippen molar-refractivity contribution in [1.82, 2.24) is 9.55 Å². The van der Waals surface area contributed by atoms with E-state index in [1.165, 1.54) is 22.8 Å². The maximum Gasteiger partial charge on any atom is 0.292 e. The van der Waals surface area contributed by atoms with Crippen molar-refractivity contribution in [3.05, 3.63) is 97.8 Å². The van der Waals surface area contributed by atoms with E-state index in [1.807, 2.05) is 31.2 Å². The van der Waals surface area contributed by atoms with Gasteiger partial charge in [0.05, 0.1) is 27.3 Å². The molecule has 3 aromatic carbocycles. The van der Waals surface area contributed by atoms with Gasteiger partial charge in [-0.25, -0.2) is 4.98 Å². The third kappa shape index (κ3) is 4.95. The highest BCUT2D eigenvalue weighted by molar-refractivity contribution is 7.99. The van der Waals surface area contributed by atoms with Crippen molar-refractivity contribution < 1.29 is 9.72 Å². The van der Waals surface area contributed by atoms with Gasteiger partial charge in [0.15, 0.2) is 5.16 Å². The number of carbonyl (C=O) groups excluding carboxylic acids is 1. The summed E-state index contributed by atoms with van der Waals surface area (Å²) in [7, 11) is 0. The standard InChI is InChI=1S/C24H19ClN4O4S/c1-2-15-7-10-17(11-8-15)28-23(31)18-5-3-4-6-19(18)27-24(28)34-14-22(30)26-20-13-16(25)9-12-21(20)29(32)33/h3-13H,2,14H2,1H3,(H,26,30). The van der Waals surface area contributed by atoms with Gasteiger partial charge in [0.2, 0.25) is 5.91 Å². The summed E-state index contributed by atoms with van der Waals surface area (Å²) >= 11 is 7.00. The van der Waals surface area contributed by atoms with Crippen LogP contribution in [0.25, 0.3) is 16.6 Å². The van der Waals surface area contributed by atoms with Crippen LogP contribution in [0.1, 0.15) is 12.5 Å². The van der Waals surface area contributed by atoms with Gasteiger partial charge in [0, 0.05) is 11.1 Å². The summed E-state index contributed by atoms with van der Waals surface area (Å²) in [6, 6.07) is 18.5. The molecule has 0 unspecified atom stereocenters. The zero-order valence-corrected chi connectivity index (χ0v) is 19.6. The summed E-state index contributed by atoms with van der Waals surface area (Å²) in [5.74, 6) is -0.618. The monoisotopic (exact) mass is 494 g/mol. The molecule has 1 aromatic heterocycles. The van der Waals surface area contributed by atoms with Gasteiger partial charge in [-0.15, -0.1) is 0 Å². The molecule has 0 bridgehead atoms. The number of aromatic nitrogens is 2. The number of hydrogen-bond acceptors (Lipinski definition) is 6. The van der Waals surface area contributed by atoms with E-state index in [1.54, 1.807) is 24.3 Å². The van der Waals surface area contributed by atoms with Crippen LogP contribution in [-0.4, -0.2) is 26.1 Å². The van der Waals surface area contributed by atoms with Gasteiger partial charge in [-0.05, 0) is 48.4 Å². The van der Waals surface area contributed by atoms with Crippen molar-refractivity contribution >= 4 is 51.5 Å². The molecular weight excluding hydrogens is 476 g/mol. The largest absolute Gasteiger partial charge is 0.320 e. The molecule has 0 saturated carbocycles. The summed E-state index contributed by atoms with van der Waals surface area (Å²) in [5.41, 5.74) is 1.77. The van der Waals surface area contributed by atoms with Gasteiger partial charge < -0.3 is 5.32 Å². The number of nitro groups is 1. The summed E-state index contributed by atoms with van der Waals surface area (Å²) in [6.45, 7) is 2.04. The first-order valence-corrected chi connectivity index (χ1v) is 11.7. The second kappa shape index (κ2) is 10.1. The highest BCUT2D eigenvalue weighted by atomic mass is 35.5. The number of para-hydroxylation sites is 1. The number of anilines is 1. The van der Waals surface area contributed by atoms with Crippen molar-refractivity contribution in [3.8, 4) is 5.69 Å². The first-order valence-electron chi connectivity index (χ1n) is 10.3. The number of rotatable bonds is 7. The quantitative estimate of drug-likeness (QED) is 0.163. The Hall–Kier alpha value is -3.69. The molecular formula is C24H19ClN4O4S. The zero-order valence-electron chi connectivity index (χ0n) is 18.0. The van der Waals surface area contributed by atoms with Crippen LogP contribution in [-0.2, 0) is 11.2 Å². The molecule has 4 rings (SSSR count). The Morgan fingerprint density at radius 1 is 1.15 bits per heavy atom. The number of aryl methyl sites for hydroxylation is 1. The molecule has 4 aromatic rings. The molecule has 0 fully saturated rings. The number of benzene rings is 3. The lowest BCUT2D eigenvalue weighted by atomic mass is 10.1. The number of carbonyl (C=O) groups is 1. The first-order chi connectivity index (χ1) is 16.4. The molecule has 0 aliphatic rings. The maximum absolute atomic E-state index is 13.3. The second-order valence-electron chi connectivity index (χ2n) is 7.33. The number of nitro benzene ring substituents is 1. The van der Waals surface area contributed by atoms with E-state index in [0.29, 0.717) is 21.7 Å². The number of halogens is 1. The van der Waals surface area contributed by atoms with E-state index in [9.17, 15) is 19.7 Å².